The van der Waals surface area contributed by atoms with Gasteiger partial charge in [0.2, 0.25) is 11.7 Å². The van der Waals surface area contributed by atoms with E-state index < -0.39 is 0 Å². The van der Waals surface area contributed by atoms with Crippen molar-refractivity contribution in [2.45, 2.75) is 59.0 Å². The maximum atomic E-state index is 12.9. The van der Waals surface area contributed by atoms with Crippen molar-refractivity contribution in [3.63, 3.8) is 0 Å². The Morgan fingerprint density at radius 3 is 2.71 bits per heavy atom. The minimum atomic E-state index is -0.119. The van der Waals surface area contributed by atoms with Gasteiger partial charge in [-0.3, -0.25) is 9.59 Å². The zero-order valence-electron chi connectivity index (χ0n) is 16.5. The smallest absolute Gasteiger partial charge is 0.279 e. The molecule has 0 radical (unpaired) electrons. The third-order valence-corrected chi connectivity index (χ3v) is 5.43. The van der Waals surface area contributed by atoms with Crippen molar-refractivity contribution in [1.82, 2.24) is 24.5 Å². The Labute approximate surface area is 163 Å². The van der Waals surface area contributed by atoms with Crippen LogP contribution in [0.3, 0.4) is 0 Å². The Hall–Kier alpha value is -2.96. The first-order chi connectivity index (χ1) is 13.5. The van der Waals surface area contributed by atoms with E-state index in [1.54, 1.807) is 0 Å². The maximum Gasteiger partial charge on any atom is 0.279 e. The molecule has 1 aromatic carbocycles. The highest BCUT2D eigenvalue weighted by atomic mass is 16.2. The van der Waals surface area contributed by atoms with E-state index in [1.807, 2.05) is 49.6 Å². The minimum absolute atomic E-state index is 0.0751. The Kier molecular flexibility index (Phi) is 4.75. The summed E-state index contributed by atoms with van der Waals surface area (Å²) in [7, 11) is 0. The molecule has 0 saturated carbocycles. The van der Waals surface area contributed by atoms with Crippen LogP contribution in [-0.2, 0) is 24.2 Å². The van der Waals surface area contributed by atoms with Gasteiger partial charge in [0.15, 0.2) is 5.82 Å². The molecule has 1 amide bonds. The number of hydrogen-bond donors (Lipinski definition) is 1. The van der Waals surface area contributed by atoms with Gasteiger partial charge in [-0.25, -0.2) is 0 Å². The van der Waals surface area contributed by atoms with Gasteiger partial charge in [0.05, 0.1) is 0 Å². The average molecular weight is 379 g/mol. The maximum absolute atomic E-state index is 12.9. The number of nitrogens with one attached hydrogen (secondary N) is 1. The Morgan fingerprint density at radius 2 is 2.00 bits per heavy atom. The van der Waals surface area contributed by atoms with Crippen molar-refractivity contribution in [3.8, 4) is 11.4 Å². The standard InChI is InChI=1S/C21H25N5O2/c1-4-14(3)22-18(27)12-25-17-7-5-6-16(17)20(28)26-21(25)23-19(24-26)15-10-8-13(2)9-11-15/h8-11,14H,4-7,12H2,1-3H3,(H,22,27)/t14-/m1/s1. The number of fused-ring (bicyclic) bond motifs is 2. The number of aryl methyl sites for hydroxylation is 1. The fraction of sp³-hybridized carbons (Fsp3) is 0.429. The van der Waals surface area contributed by atoms with Crippen LogP contribution in [0.15, 0.2) is 29.1 Å². The van der Waals surface area contributed by atoms with Crippen molar-refractivity contribution in [1.29, 1.82) is 0 Å². The number of carbonyl (C=O) groups excluding carboxylic acids is 1. The van der Waals surface area contributed by atoms with Crippen molar-refractivity contribution in [2.75, 3.05) is 0 Å². The second kappa shape index (κ2) is 7.22. The predicted molar refractivity (Wildman–Crippen MR) is 107 cm³/mol. The first kappa shape index (κ1) is 18.4. The second-order valence-corrected chi connectivity index (χ2v) is 7.56. The molecule has 146 valence electrons. The fourth-order valence-electron chi connectivity index (χ4n) is 3.68. The zero-order valence-corrected chi connectivity index (χ0v) is 16.5. The number of amides is 1. The Bertz CT molecular complexity index is 1090. The molecular weight excluding hydrogens is 354 g/mol. The van der Waals surface area contributed by atoms with Crippen LogP contribution < -0.4 is 10.9 Å². The van der Waals surface area contributed by atoms with E-state index >= 15 is 0 Å². The Morgan fingerprint density at radius 1 is 1.25 bits per heavy atom. The van der Waals surface area contributed by atoms with Gasteiger partial charge >= 0.3 is 0 Å². The van der Waals surface area contributed by atoms with Crippen LogP contribution in [0.2, 0.25) is 0 Å². The molecule has 1 aliphatic rings. The monoisotopic (exact) mass is 379 g/mol. The molecule has 0 spiro atoms. The van der Waals surface area contributed by atoms with E-state index in [0.717, 1.165) is 48.1 Å². The molecule has 4 rings (SSSR count). The molecule has 7 nitrogen and oxygen atoms in total. The third kappa shape index (κ3) is 3.21. The molecule has 2 heterocycles. The number of nitrogens with zero attached hydrogens (tertiary/aromatic N) is 4. The van der Waals surface area contributed by atoms with Crippen molar-refractivity contribution in [2.24, 2.45) is 0 Å². The normalized spacial score (nSPS) is 14.2. The number of hydrogen-bond acceptors (Lipinski definition) is 4. The SMILES string of the molecule is CC[C@@H](C)NC(=O)Cn1c2c(c(=O)n3nc(-c4ccc(C)cc4)nc13)CCC2. The largest absolute Gasteiger partial charge is 0.352 e. The molecule has 2 aromatic heterocycles. The van der Waals surface area contributed by atoms with Gasteiger partial charge in [0.25, 0.3) is 5.56 Å². The molecule has 7 heteroatoms. The molecule has 0 aliphatic heterocycles. The fourth-order valence-corrected chi connectivity index (χ4v) is 3.68. The van der Waals surface area contributed by atoms with Gasteiger partial charge < -0.3 is 9.88 Å². The van der Waals surface area contributed by atoms with E-state index in [0.29, 0.717) is 11.6 Å². The first-order valence-electron chi connectivity index (χ1n) is 9.85. The Balaban J connectivity index is 1.83. The van der Waals surface area contributed by atoms with Crippen LogP contribution in [0.5, 0.6) is 0 Å². The number of rotatable bonds is 5. The predicted octanol–water partition coefficient (Wildman–Crippen LogP) is 2.27. The van der Waals surface area contributed by atoms with E-state index in [4.69, 9.17) is 0 Å². The second-order valence-electron chi connectivity index (χ2n) is 7.56. The summed E-state index contributed by atoms with van der Waals surface area (Å²) >= 11 is 0. The molecule has 0 saturated heterocycles. The summed E-state index contributed by atoms with van der Waals surface area (Å²) in [6.07, 6.45) is 3.28. The first-order valence-corrected chi connectivity index (χ1v) is 9.85. The molecule has 1 N–H and O–H groups in total. The van der Waals surface area contributed by atoms with Crippen LogP contribution in [0, 0.1) is 6.92 Å². The van der Waals surface area contributed by atoms with Gasteiger partial charge in [0.1, 0.15) is 6.54 Å². The zero-order chi connectivity index (χ0) is 19.8. The van der Waals surface area contributed by atoms with Gasteiger partial charge in [-0.1, -0.05) is 36.8 Å². The summed E-state index contributed by atoms with van der Waals surface area (Å²) in [5.74, 6) is 0.853. The van der Waals surface area contributed by atoms with Gasteiger partial charge in [0, 0.05) is 22.9 Å². The van der Waals surface area contributed by atoms with Gasteiger partial charge in [-0.15, -0.1) is 5.10 Å². The lowest BCUT2D eigenvalue weighted by atomic mass is 10.1. The summed E-state index contributed by atoms with van der Waals surface area (Å²) < 4.78 is 3.22. The summed E-state index contributed by atoms with van der Waals surface area (Å²) in [4.78, 5) is 30.1. The van der Waals surface area contributed by atoms with E-state index in [-0.39, 0.29) is 24.1 Å². The van der Waals surface area contributed by atoms with E-state index in [2.05, 4.69) is 15.4 Å². The molecule has 1 atom stereocenters. The van der Waals surface area contributed by atoms with Crippen LogP contribution in [0.4, 0.5) is 0 Å². The highest BCUT2D eigenvalue weighted by Crippen LogP contribution is 2.22. The number of aromatic nitrogens is 4. The van der Waals surface area contributed by atoms with E-state index in [9.17, 15) is 9.59 Å². The van der Waals surface area contributed by atoms with Gasteiger partial charge in [-0.05, 0) is 39.5 Å². The van der Waals surface area contributed by atoms with Crippen molar-refractivity contribution >= 4 is 11.7 Å². The van der Waals surface area contributed by atoms with Crippen LogP contribution in [0.25, 0.3) is 17.2 Å². The van der Waals surface area contributed by atoms with E-state index in [1.165, 1.54) is 4.52 Å². The number of carbonyl (C=O) groups is 1. The lowest BCUT2D eigenvalue weighted by Gasteiger charge is -2.16. The average Bonchev–Trinajstić information content (AvgIpc) is 3.33. The van der Waals surface area contributed by atoms with Gasteiger partial charge in [-0.2, -0.15) is 9.50 Å². The van der Waals surface area contributed by atoms with Crippen LogP contribution in [0.1, 0.15) is 43.5 Å². The summed E-state index contributed by atoms with van der Waals surface area (Å²) in [5, 5.41) is 7.47. The topological polar surface area (TPSA) is 81.3 Å². The summed E-state index contributed by atoms with van der Waals surface area (Å²) in [6, 6.07) is 7.99. The highest BCUT2D eigenvalue weighted by Gasteiger charge is 2.25. The molecule has 3 aromatic rings. The molecule has 0 fully saturated rings. The molecule has 0 bridgehead atoms. The number of benzene rings is 1. The molecule has 1 aliphatic carbocycles. The lowest BCUT2D eigenvalue weighted by Crippen LogP contribution is -2.36. The lowest BCUT2D eigenvalue weighted by molar-refractivity contribution is -0.122. The molecular formula is C21H25N5O2. The van der Waals surface area contributed by atoms with Crippen molar-refractivity contribution < 1.29 is 4.79 Å². The molecule has 28 heavy (non-hydrogen) atoms. The van der Waals surface area contributed by atoms with Crippen molar-refractivity contribution in [3.05, 3.63) is 51.4 Å². The summed E-state index contributed by atoms with van der Waals surface area (Å²) in [5.41, 5.74) is 3.55. The van der Waals surface area contributed by atoms with Crippen LogP contribution in [-0.4, -0.2) is 31.1 Å². The third-order valence-electron chi connectivity index (χ3n) is 5.43. The van der Waals surface area contributed by atoms with Crippen LogP contribution >= 0.6 is 0 Å². The quantitative estimate of drug-likeness (QED) is 0.737. The summed E-state index contributed by atoms with van der Waals surface area (Å²) in [6.45, 7) is 6.18. The minimum Gasteiger partial charge on any atom is -0.352 e. The highest BCUT2D eigenvalue weighted by molar-refractivity contribution is 5.76. The molecule has 0 unspecified atom stereocenters.